The van der Waals surface area contributed by atoms with E-state index in [-0.39, 0.29) is 0 Å². The first-order valence-corrected chi connectivity index (χ1v) is 19.2. The van der Waals surface area contributed by atoms with Crippen molar-refractivity contribution in [1.29, 1.82) is 0 Å². The van der Waals surface area contributed by atoms with Crippen molar-refractivity contribution in [3.63, 3.8) is 0 Å². The van der Waals surface area contributed by atoms with Crippen LogP contribution in [0.1, 0.15) is 38.8 Å². The van der Waals surface area contributed by atoms with E-state index in [1.807, 2.05) is 24.3 Å². The topological polar surface area (TPSA) is 31.0 Å². The molecule has 3 nitrogen and oxygen atoms in total. The molecule has 0 aliphatic rings. The fraction of sp³-hybridized carbons (Fsp3) is 0.157. The Balaban J connectivity index is 1.08. The molecule has 0 atom stereocenters. The van der Waals surface area contributed by atoms with Crippen molar-refractivity contribution in [2.24, 2.45) is 11.8 Å². The standard InChI is InChI=1S/C51H44N2O/c1-33(2)29-35-17-27-48-45(31-35)46-32-36(30-34(3)4)18-28-49(46)53(48)40-25-23-38(24-26-40)42-12-6-8-14-44(42)43-13-7-5-11-41(43)37-19-21-39(22-20-37)51-52-47-15-9-10-16-50(47)54-51/h5-28,31-34H,29-30H2,1-4H3. The molecule has 0 aliphatic heterocycles. The molecule has 0 aliphatic carbocycles. The van der Waals surface area contributed by atoms with Crippen LogP contribution < -0.4 is 0 Å². The van der Waals surface area contributed by atoms with Crippen molar-refractivity contribution >= 4 is 32.9 Å². The van der Waals surface area contributed by atoms with Crippen LogP contribution >= 0.6 is 0 Å². The largest absolute Gasteiger partial charge is 0.436 e. The lowest BCUT2D eigenvalue weighted by molar-refractivity contribution is 0.620. The molecule has 0 spiro atoms. The summed E-state index contributed by atoms with van der Waals surface area (Å²) in [5, 5.41) is 2.67. The molecule has 0 bridgehead atoms. The summed E-state index contributed by atoms with van der Waals surface area (Å²) in [6.45, 7) is 9.19. The molecule has 9 aromatic rings. The first-order valence-electron chi connectivity index (χ1n) is 19.2. The number of hydrogen-bond donors (Lipinski definition) is 0. The van der Waals surface area contributed by atoms with Crippen molar-refractivity contribution in [2.45, 2.75) is 40.5 Å². The minimum atomic E-state index is 0.612. The fourth-order valence-corrected chi connectivity index (χ4v) is 8.11. The average Bonchev–Trinajstić information content (AvgIpc) is 3.77. The van der Waals surface area contributed by atoms with Gasteiger partial charge in [0, 0.05) is 22.0 Å². The lowest BCUT2D eigenvalue weighted by Crippen LogP contribution is -1.96. The minimum Gasteiger partial charge on any atom is -0.436 e. The summed E-state index contributed by atoms with van der Waals surface area (Å²) in [5.74, 6) is 1.86. The number of nitrogens with zero attached hydrogens (tertiary/aromatic N) is 2. The Morgan fingerprint density at radius 3 is 1.46 bits per heavy atom. The molecule has 2 heterocycles. The van der Waals surface area contributed by atoms with Crippen LogP contribution in [0.25, 0.3) is 83.4 Å². The number of para-hydroxylation sites is 2. The number of benzene rings is 7. The average molecular weight is 701 g/mol. The van der Waals surface area contributed by atoms with Crippen LogP contribution in [0.5, 0.6) is 0 Å². The number of hydrogen-bond acceptors (Lipinski definition) is 2. The molecule has 0 amide bonds. The third-order valence-corrected chi connectivity index (χ3v) is 10.5. The maximum atomic E-state index is 6.05. The van der Waals surface area contributed by atoms with Crippen molar-refractivity contribution < 1.29 is 4.42 Å². The van der Waals surface area contributed by atoms with Gasteiger partial charge in [-0.1, -0.05) is 125 Å². The van der Waals surface area contributed by atoms with Gasteiger partial charge in [0.05, 0.1) is 11.0 Å². The van der Waals surface area contributed by atoms with Crippen molar-refractivity contribution in [3.8, 4) is 50.5 Å². The predicted molar refractivity (Wildman–Crippen MR) is 227 cm³/mol. The van der Waals surface area contributed by atoms with Crippen LogP contribution in [0.4, 0.5) is 0 Å². The highest BCUT2D eigenvalue weighted by Gasteiger charge is 2.17. The van der Waals surface area contributed by atoms with Gasteiger partial charge >= 0.3 is 0 Å². The second-order valence-corrected chi connectivity index (χ2v) is 15.4. The van der Waals surface area contributed by atoms with E-state index in [1.165, 1.54) is 66.4 Å². The minimum absolute atomic E-state index is 0.612. The van der Waals surface area contributed by atoms with Gasteiger partial charge in [-0.2, -0.15) is 0 Å². The second-order valence-electron chi connectivity index (χ2n) is 15.4. The maximum absolute atomic E-state index is 6.05. The fourth-order valence-electron chi connectivity index (χ4n) is 8.11. The molecule has 0 saturated carbocycles. The number of fused-ring (bicyclic) bond motifs is 4. The van der Waals surface area contributed by atoms with E-state index in [0.29, 0.717) is 17.7 Å². The first-order chi connectivity index (χ1) is 26.4. The van der Waals surface area contributed by atoms with E-state index in [0.717, 1.165) is 35.1 Å². The van der Waals surface area contributed by atoms with Crippen LogP contribution in [0.3, 0.4) is 0 Å². The second kappa shape index (κ2) is 14.0. The van der Waals surface area contributed by atoms with Gasteiger partial charge in [0.2, 0.25) is 5.89 Å². The highest BCUT2D eigenvalue weighted by atomic mass is 16.3. The van der Waals surface area contributed by atoms with Crippen LogP contribution in [-0.4, -0.2) is 9.55 Å². The Bertz CT molecular complexity index is 2660. The van der Waals surface area contributed by atoms with Crippen molar-refractivity contribution in [2.75, 3.05) is 0 Å². The number of oxazole rings is 1. The SMILES string of the molecule is CC(C)Cc1ccc2c(c1)c1cc(CC(C)C)ccc1n2-c1ccc(-c2ccccc2-c2ccccc2-c2ccc(-c3nc4ccccc4o3)cc2)cc1. The summed E-state index contributed by atoms with van der Waals surface area (Å²) < 4.78 is 8.50. The van der Waals surface area contributed by atoms with Crippen LogP contribution in [0, 0.1) is 11.8 Å². The molecule has 9 rings (SSSR count). The number of aromatic nitrogens is 2. The summed E-state index contributed by atoms with van der Waals surface area (Å²) in [4.78, 5) is 4.70. The van der Waals surface area contributed by atoms with Gasteiger partial charge in [0.25, 0.3) is 0 Å². The Kier molecular flexibility index (Phi) is 8.71. The van der Waals surface area contributed by atoms with E-state index >= 15 is 0 Å². The molecule has 3 heteroatoms. The molecule has 0 fully saturated rings. The molecule has 0 N–H and O–H groups in total. The smallest absolute Gasteiger partial charge is 0.227 e. The van der Waals surface area contributed by atoms with Crippen LogP contribution in [0.15, 0.2) is 162 Å². The highest BCUT2D eigenvalue weighted by Crippen LogP contribution is 2.40. The summed E-state index contributed by atoms with van der Waals surface area (Å²) >= 11 is 0. The molecule has 54 heavy (non-hydrogen) atoms. The zero-order valence-electron chi connectivity index (χ0n) is 31.4. The highest BCUT2D eigenvalue weighted by molar-refractivity contribution is 6.09. The van der Waals surface area contributed by atoms with Gasteiger partial charge in [-0.15, -0.1) is 0 Å². The summed E-state index contributed by atoms with van der Waals surface area (Å²) in [6.07, 6.45) is 2.16. The lowest BCUT2D eigenvalue weighted by Gasteiger charge is -2.16. The zero-order valence-corrected chi connectivity index (χ0v) is 31.4. The Hall–Kier alpha value is -6.19. The van der Waals surface area contributed by atoms with Crippen molar-refractivity contribution in [1.82, 2.24) is 9.55 Å². The Morgan fingerprint density at radius 2 is 0.944 bits per heavy atom. The molecule has 264 valence electrons. The predicted octanol–water partition coefficient (Wildman–Crippen LogP) is 14.0. The van der Waals surface area contributed by atoms with Gasteiger partial charge in [0.1, 0.15) is 5.52 Å². The summed E-state index contributed by atoms with van der Waals surface area (Å²) in [5.41, 5.74) is 16.2. The molecule has 0 unspecified atom stereocenters. The van der Waals surface area contributed by atoms with Gasteiger partial charge in [-0.05, 0) is 130 Å². The van der Waals surface area contributed by atoms with E-state index in [1.54, 1.807) is 0 Å². The van der Waals surface area contributed by atoms with E-state index < -0.39 is 0 Å². The molecule has 0 saturated heterocycles. The van der Waals surface area contributed by atoms with Gasteiger partial charge in [-0.3, -0.25) is 0 Å². The van der Waals surface area contributed by atoms with Gasteiger partial charge < -0.3 is 8.98 Å². The molecular formula is C51H44N2O. The molecule has 2 aromatic heterocycles. The van der Waals surface area contributed by atoms with Crippen molar-refractivity contribution in [3.05, 3.63) is 169 Å². The zero-order chi connectivity index (χ0) is 36.8. The molecular weight excluding hydrogens is 657 g/mol. The van der Waals surface area contributed by atoms with E-state index in [9.17, 15) is 0 Å². The van der Waals surface area contributed by atoms with Gasteiger partial charge in [-0.25, -0.2) is 4.98 Å². The quantitative estimate of drug-likeness (QED) is 0.150. The van der Waals surface area contributed by atoms with Crippen LogP contribution in [-0.2, 0) is 12.8 Å². The lowest BCUT2D eigenvalue weighted by atomic mass is 9.89. The third kappa shape index (κ3) is 6.30. The Labute approximate surface area is 317 Å². The van der Waals surface area contributed by atoms with Gasteiger partial charge in [0.15, 0.2) is 5.58 Å². The third-order valence-electron chi connectivity index (χ3n) is 10.5. The van der Waals surface area contributed by atoms with Crippen LogP contribution in [0.2, 0.25) is 0 Å². The van der Waals surface area contributed by atoms with E-state index in [2.05, 4.69) is 166 Å². The Morgan fingerprint density at radius 1 is 0.481 bits per heavy atom. The monoisotopic (exact) mass is 700 g/mol. The van der Waals surface area contributed by atoms with E-state index in [4.69, 9.17) is 9.40 Å². The summed E-state index contributed by atoms with van der Waals surface area (Å²) in [7, 11) is 0. The first kappa shape index (κ1) is 33.6. The molecule has 0 radical (unpaired) electrons. The maximum Gasteiger partial charge on any atom is 0.227 e. The number of rotatable bonds is 9. The normalized spacial score (nSPS) is 11.8. The molecule has 7 aromatic carbocycles. The summed E-state index contributed by atoms with van der Waals surface area (Å²) in [6, 6.07) is 57.2.